The molecule has 0 bridgehead atoms. The summed E-state index contributed by atoms with van der Waals surface area (Å²) >= 11 is 7.71. The molecular weight excluding hydrogens is 292 g/mol. The van der Waals surface area contributed by atoms with E-state index in [1.807, 2.05) is 36.8 Å². The lowest BCUT2D eigenvalue weighted by atomic mass is 9.87. The predicted molar refractivity (Wildman–Crippen MR) is 80.5 cm³/mol. The van der Waals surface area contributed by atoms with Crippen molar-refractivity contribution in [3.05, 3.63) is 54.6 Å². The molecule has 2 heterocycles. The van der Waals surface area contributed by atoms with E-state index in [1.165, 1.54) is 0 Å². The summed E-state index contributed by atoms with van der Waals surface area (Å²) in [4.78, 5) is 5.03. The standard InChI is InChI=1S/C15H15ClN2OS/c1-14(2)9-19-10-15(14,18-8-7-17-11-18)20-13-5-3-12(16)4-6-13/h3-8,11H,10H2,1-2H3. The van der Waals surface area contributed by atoms with Crippen LogP contribution >= 0.6 is 23.4 Å². The van der Waals surface area contributed by atoms with Gasteiger partial charge >= 0.3 is 0 Å². The minimum atomic E-state index is -0.294. The second-order valence-electron chi connectivity index (χ2n) is 5.33. The molecule has 0 amide bonds. The maximum absolute atomic E-state index is 5.96. The van der Waals surface area contributed by atoms with Crippen LogP contribution in [0.5, 0.6) is 0 Å². The number of halogens is 1. The molecule has 1 atom stereocenters. The number of rotatable bonds is 3. The Balaban J connectivity index is 2.01. The molecule has 1 unspecified atom stereocenters. The van der Waals surface area contributed by atoms with E-state index in [4.69, 9.17) is 16.3 Å². The van der Waals surface area contributed by atoms with Crippen LogP contribution in [0, 0.1) is 12.0 Å². The molecule has 20 heavy (non-hydrogen) atoms. The third kappa shape index (κ3) is 2.26. The molecule has 1 aromatic heterocycles. The van der Waals surface area contributed by atoms with Crippen molar-refractivity contribution in [3.8, 4) is 0 Å². The fourth-order valence-electron chi connectivity index (χ4n) is 2.35. The molecule has 2 radical (unpaired) electrons. The molecule has 5 heteroatoms. The van der Waals surface area contributed by atoms with E-state index < -0.39 is 0 Å². The van der Waals surface area contributed by atoms with E-state index in [9.17, 15) is 0 Å². The zero-order chi connectivity index (χ0) is 14.2. The largest absolute Gasteiger partial charge is 0.365 e. The van der Waals surface area contributed by atoms with Crippen molar-refractivity contribution in [1.82, 2.24) is 9.55 Å². The van der Waals surface area contributed by atoms with Crippen LogP contribution in [0.15, 0.2) is 47.9 Å². The Morgan fingerprint density at radius 2 is 2.10 bits per heavy atom. The molecule has 3 nitrogen and oxygen atoms in total. The quantitative estimate of drug-likeness (QED) is 0.855. The van der Waals surface area contributed by atoms with Gasteiger partial charge in [0, 0.05) is 27.7 Å². The van der Waals surface area contributed by atoms with E-state index in [0.29, 0.717) is 6.61 Å². The highest BCUT2D eigenvalue weighted by molar-refractivity contribution is 8.00. The number of ether oxygens (including phenoxy) is 1. The van der Waals surface area contributed by atoms with Gasteiger partial charge in [-0.15, -0.1) is 0 Å². The number of imidazole rings is 1. The number of hydrogen-bond acceptors (Lipinski definition) is 3. The van der Waals surface area contributed by atoms with Gasteiger partial charge in [0.25, 0.3) is 0 Å². The van der Waals surface area contributed by atoms with Crippen LogP contribution in [0.1, 0.15) is 13.8 Å². The van der Waals surface area contributed by atoms with Crippen LogP contribution in [0.2, 0.25) is 5.02 Å². The van der Waals surface area contributed by atoms with Gasteiger partial charge in [0.05, 0.1) is 12.9 Å². The first-order valence-electron chi connectivity index (χ1n) is 6.35. The molecule has 0 N–H and O–H groups in total. The van der Waals surface area contributed by atoms with E-state index in [2.05, 4.69) is 30.0 Å². The lowest BCUT2D eigenvalue weighted by Gasteiger charge is -2.39. The summed E-state index contributed by atoms with van der Waals surface area (Å²) in [5.41, 5.74) is -0.238. The second-order valence-corrected chi connectivity index (χ2v) is 7.11. The van der Waals surface area contributed by atoms with Crippen LogP contribution in [0.4, 0.5) is 0 Å². The lowest BCUT2D eigenvalue weighted by molar-refractivity contribution is 0.223. The Morgan fingerprint density at radius 1 is 1.35 bits per heavy atom. The summed E-state index contributed by atoms with van der Waals surface area (Å²) in [6.07, 6.45) is 5.60. The van der Waals surface area contributed by atoms with Gasteiger partial charge in [-0.05, 0) is 24.3 Å². The summed E-state index contributed by atoms with van der Waals surface area (Å²) in [5, 5.41) is 0.742. The van der Waals surface area contributed by atoms with Crippen molar-refractivity contribution in [3.63, 3.8) is 0 Å². The zero-order valence-corrected chi connectivity index (χ0v) is 12.9. The average Bonchev–Trinajstić information content (AvgIpc) is 3.02. The highest BCUT2D eigenvalue weighted by atomic mass is 35.5. The smallest absolute Gasteiger partial charge is 0.141 e. The fraction of sp³-hybridized carbons (Fsp3) is 0.333. The van der Waals surface area contributed by atoms with Crippen LogP contribution in [0.25, 0.3) is 0 Å². The minimum Gasteiger partial charge on any atom is -0.365 e. The summed E-state index contributed by atoms with van der Waals surface area (Å²) in [6, 6.07) is 7.86. The Bertz CT molecular complexity index is 582. The number of hydrogen-bond donors (Lipinski definition) is 0. The van der Waals surface area contributed by atoms with Gasteiger partial charge in [-0.3, -0.25) is 0 Å². The van der Waals surface area contributed by atoms with Gasteiger partial charge in [0.15, 0.2) is 0 Å². The Morgan fingerprint density at radius 3 is 2.65 bits per heavy atom. The van der Waals surface area contributed by atoms with Crippen molar-refractivity contribution in [2.24, 2.45) is 5.41 Å². The summed E-state index contributed by atoms with van der Waals surface area (Å²) < 4.78 is 7.65. The van der Waals surface area contributed by atoms with Crippen LogP contribution in [0.3, 0.4) is 0 Å². The summed E-state index contributed by atoms with van der Waals surface area (Å²) in [6.45, 7) is 7.93. The summed E-state index contributed by atoms with van der Waals surface area (Å²) in [5.74, 6) is 0. The number of benzene rings is 1. The summed E-state index contributed by atoms with van der Waals surface area (Å²) in [7, 11) is 0. The molecule has 0 saturated carbocycles. The molecule has 0 aliphatic carbocycles. The predicted octanol–water partition coefficient (Wildman–Crippen LogP) is 4.08. The van der Waals surface area contributed by atoms with E-state index in [0.717, 1.165) is 9.92 Å². The molecular formula is C15H15ClN2OS. The molecule has 0 spiro atoms. The maximum atomic E-state index is 5.96. The third-order valence-corrected chi connectivity index (χ3v) is 5.53. The first-order chi connectivity index (χ1) is 9.53. The molecule has 1 aliphatic heterocycles. The molecule has 1 saturated heterocycles. The number of aromatic nitrogens is 2. The highest BCUT2D eigenvalue weighted by Gasteiger charge is 2.53. The van der Waals surface area contributed by atoms with Crippen molar-refractivity contribution in [2.45, 2.75) is 23.6 Å². The number of thioether (sulfide) groups is 1. The van der Waals surface area contributed by atoms with Crippen molar-refractivity contribution < 1.29 is 4.74 Å². The molecule has 3 rings (SSSR count). The Hall–Kier alpha value is -0.970. The lowest BCUT2D eigenvalue weighted by Crippen LogP contribution is -2.41. The topological polar surface area (TPSA) is 27.1 Å². The van der Waals surface area contributed by atoms with E-state index >= 15 is 0 Å². The van der Waals surface area contributed by atoms with Gasteiger partial charge in [-0.1, -0.05) is 37.2 Å². The van der Waals surface area contributed by atoms with Crippen LogP contribution in [-0.4, -0.2) is 16.2 Å². The van der Waals surface area contributed by atoms with Crippen molar-refractivity contribution in [2.75, 3.05) is 6.61 Å². The van der Waals surface area contributed by atoms with Gasteiger partial charge in [-0.25, -0.2) is 4.98 Å². The third-order valence-electron chi connectivity index (χ3n) is 3.59. The van der Waals surface area contributed by atoms with Gasteiger partial charge < -0.3 is 9.30 Å². The average molecular weight is 307 g/mol. The normalized spacial score (nSPS) is 24.9. The second kappa shape index (κ2) is 5.10. The van der Waals surface area contributed by atoms with Crippen molar-refractivity contribution >= 4 is 23.4 Å². The van der Waals surface area contributed by atoms with Crippen LogP contribution < -0.4 is 0 Å². The van der Waals surface area contributed by atoms with Gasteiger partial charge in [0.2, 0.25) is 0 Å². The molecule has 2 aromatic rings. The zero-order valence-electron chi connectivity index (χ0n) is 11.3. The molecule has 1 fully saturated rings. The minimum absolute atomic E-state index is 0.238. The SMILES string of the molecule is CC1(C)[C]OCC1(Sc1ccc(Cl)cc1)n1ccnc1. The fourth-order valence-corrected chi connectivity index (χ4v) is 3.77. The first kappa shape index (κ1) is 14.0. The van der Waals surface area contributed by atoms with Gasteiger partial charge in [0.1, 0.15) is 11.5 Å². The molecule has 1 aliphatic rings. The van der Waals surface area contributed by atoms with Gasteiger partial charge in [-0.2, -0.15) is 0 Å². The monoisotopic (exact) mass is 306 g/mol. The van der Waals surface area contributed by atoms with Crippen LogP contribution in [-0.2, 0) is 9.61 Å². The molecule has 1 aromatic carbocycles. The van der Waals surface area contributed by atoms with E-state index in [-0.39, 0.29) is 10.3 Å². The Labute approximate surface area is 128 Å². The maximum Gasteiger partial charge on any atom is 0.141 e. The van der Waals surface area contributed by atoms with Crippen molar-refractivity contribution in [1.29, 1.82) is 0 Å². The molecule has 104 valence electrons. The number of nitrogens with zero attached hydrogens (tertiary/aromatic N) is 2. The Kier molecular flexibility index (Phi) is 3.56. The van der Waals surface area contributed by atoms with E-state index in [1.54, 1.807) is 18.0 Å². The highest BCUT2D eigenvalue weighted by Crippen LogP contribution is 2.55. The first-order valence-corrected chi connectivity index (χ1v) is 7.55.